The average molecular weight is 399 g/mol. The molecule has 1 amide bonds. The van der Waals surface area contributed by atoms with Gasteiger partial charge in [-0.3, -0.25) is 14.4 Å². The van der Waals surface area contributed by atoms with Gasteiger partial charge in [0.05, 0.1) is 5.39 Å². The third kappa shape index (κ3) is 3.99. The summed E-state index contributed by atoms with van der Waals surface area (Å²) in [4.78, 5) is 55.4. The van der Waals surface area contributed by atoms with E-state index in [2.05, 4.69) is 15.3 Å². The van der Waals surface area contributed by atoms with Crippen LogP contribution in [0.5, 0.6) is 0 Å². The second-order valence-corrected chi connectivity index (χ2v) is 7.15. The highest BCUT2D eigenvalue weighted by atomic mass is 32.1. The van der Waals surface area contributed by atoms with Gasteiger partial charge in [0.25, 0.3) is 11.5 Å². The van der Waals surface area contributed by atoms with Crippen molar-refractivity contribution in [1.82, 2.24) is 9.97 Å². The number of carbonyl (C=O) groups is 3. The van der Waals surface area contributed by atoms with E-state index in [4.69, 9.17) is 4.74 Å². The van der Waals surface area contributed by atoms with Gasteiger partial charge in [0.1, 0.15) is 15.5 Å². The molecule has 2 aromatic heterocycles. The fourth-order valence-electron chi connectivity index (χ4n) is 2.66. The number of esters is 1. The van der Waals surface area contributed by atoms with Gasteiger partial charge in [0.2, 0.25) is 0 Å². The molecule has 9 heteroatoms. The van der Waals surface area contributed by atoms with Crippen LogP contribution in [-0.2, 0) is 9.53 Å². The largest absolute Gasteiger partial charge is 0.451 e. The summed E-state index contributed by atoms with van der Waals surface area (Å²) in [5.74, 6) is -0.919. The molecule has 0 bridgehead atoms. The Kier molecular flexibility index (Phi) is 5.36. The van der Waals surface area contributed by atoms with Crippen molar-refractivity contribution in [1.29, 1.82) is 0 Å². The maximum Gasteiger partial charge on any atom is 0.349 e. The molecule has 8 nitrogen and oxygen atoms in total. The number of amides is 1. The Balaban J connectivity index is 1.70. The molecule has 1 aromatic carbocycles. The van der Waals surface area contributed by atoms with Crippen molar-refractivity contribution in [2.24, 2.45) is 0 Å². The molecule has 0 saturated heterocycles. The van der Waals surface area contributed by atoms with Crippen LogP contribution in [0.3, 0.4) is 0 Å². The molecular weight excluding hydrogens is 382 g/mol. The van der Waals surface area contributed by atoms with Crippen LogP contribution < -0.4 is 10.9 Å². The first kappa shape index (κ1) is 19.4. The Bertz CT molecular complexity index is 1160. The maximum atomic E-state index is 12.4. The lowest BCUT2D eigenvalue weighted by Gasteiger charge is -2.07. The highest BCUT2D eigenvalue weighted by Crippen LogP contribution is 2.27. The predicted molar refractivity (Wildman–Crippen MR) is 105 cm³/mol. The number of thiophene rings is 1. The standard InChI is InChI=1S/C19H17N3O5S/c1-9-15-17(25)20-11(3)21-18(15)28-16(9)19(26)27-8-14(24)22-13-6-4-5-12(7-13)10(2)23/h4-7H,8H2,1-3H3,(H,22,24)(H,20,21,25). The lowest BCUT2D eigenvalue weighted by atomic mass is 10.1. The first-order chi connectivity index (χ1) is 13.3. The number of carbonyl (C=O) groups excluding carboxylic acids is 3. The number of Topliss-reactive ketones (excluding diaryl/α,β-unsaturated/α-hetero) is 1. The number of nitrogens with zero attached hydrogens (tertiary/aromatic N) is 1. The van der Waals surface area contributed by atoms with Crippen LogP contribution in [0.4, 0.5) is 5.69 Å². The van der Waals surface area contributed by atoms with Gasteiger partial charge in [-0.25, -0.2) is 9.78 Å². The summed E-state index contributed by atoms with van der Waals surface area (Å²) >= 11 is 1.05. The van der Waals surface area contributed by atoms with Crippen LogP contribution in [0, 0.1) is 13.8 Å². The molecule has 0 aliphatic heterocycles. The van der Waals surface area contributed by atoms with Gasteiger partial charge in [-0.1, -0.05) is 12.1 Å². The van der Waals surface area contributed by atoms with Gasteiger partial charge in [-0.05, 0) is 38.5 Å². The van der Waals surface area contributed by atoms with Crippen molar-refractivity contribution in [3.63, 3.8) is 0 Å². The van der Waals surface area contributed by atoms with E-state index in [9.17, 15) is 19.2 Å². The fourth-order valence-corrected chi connectivity index (χ4v) is 3.78. The summed E-state index contributed by atoms with van der Waals surface area (Å²) in [6.07, 6.45) is 0. The molecule has 0 fully saturated rings. The molecule has 0 radical (unpaired) electrons. The summed E-state index contributed by atoms with van der Waals surface area (Å²) in [5.41, 5.74) is 1.04. The van der Waals surface area contributed by atoms with Crippen molar-refractivity contribution in [3.05, 3.63) is 56.4 Å². The van der Waals surface area contributed by atoms with Crippen LogP contribution in [0.1, 0.15) is 38.3 Å². The molecule has 3 rings (SSSR count). The van der Waals surface area contributed by atoms with Gasteiger partial charge in [0, 0.05) is 11.3 Å². The smallest absolute Gasteiger partial charge is 0.349 e. The first-order valence-corrected chi connectivity index (χ1v) is 9.16. The molecule has 0 unspecified atom stereocenters. The highest BCUT2D eigenvalue weighted by Gasteiger charge is 2.21. The maximum absolute atomic E-state index is 12.4. The van der Waals surface area contributed by atoms with Gasteiger partial charge in [-0.15, -0.1) is 11.3 Å². The average Bonchev–Trinajstić information content (AvgIpc) is 2.96. The molecule has 0 atom stereocenters. The van der Waals surface area contributed by atoms with Crippen LogP contribution in [0.2, 0.25) is 0 Å². The van der Waals surface area contributed by atoms with E-state index in [-0.39, 0.29) is 16.2 Å². The zero-order chi connectivity index (χ0) is 20.4. The van der Waals surface area contributed by atoms with Crippen molar-refractivity contribution >= 4 is 44.9 Å². The molecule has 3 aromatic rings. The highest BCUT2D eigenvalue weighted by molar-refractivity contribution is 7.20. The van der Waals surface area contributed by atoms with Gasteiger partial charge in [-0.2, -0.15) is 0 Å². The van der Waals surface area contributed by atoms with E-state index in [0.717, 1.165) is 11.3 Å². The zero-order valence-electron chi connectivity index (χ0n) is 15.4. The Morgan fingerprint density at radius 3 is 2.71 bits per heavy atom. The second kappa shape index (κ2) is 7.73. The summed E-state index contributed by atoms with van der Waals surface area (Å²) in [5, 5.41) is 2.91. The van der Waals surface area contributed by atoms with E-state index in [0.29, 0.717) is 32.9 Å². The molecule has 2 N–H and O–H groups in total. The van der Waals surface area contributed by atoms with Crippen molar-refractivity contribution < 1.29 is 19.1 Å². The number of hydrogen-bond donors (Lipinski definition) is 2. The fraction of sp³-hybridized carbons (Fsp3) is 0.211. The van der Waals surface area contributed by atoms with E-state index < -0.39 is 18.5 Å². The van der Waals surface area contributed by atoms with Crippen molar-refractivity contribution in [2.45, 2.75) is 20.8 Å². The number of ether oxygens (including phenoxy) is 1. The molecule has 0 aliphatic carbocycles. The monoisotopic (exact) mass is 399 g/mol. The lowest BCUT2D eigenvalue weighted by Crippen LogP contribution is -2.21. The number of rotatable bonds is 5. The molecule has 0 saturated carbocycles. The quantitative estimate of drug-likeness (QED) is 0.503. The number of nitrogens with one attached hydrogen (secondary N) is 2. The predicted octanol–water partition coefficient (Wildman–Crippen LogP) is 2.60. The van der Waals surface area contributed by atoms with E-state index >= 15 is 0 Å². The number of aromatic amines is 1. The van der Waals surface area contributed by atoms with Crippen LogP contribution in [-0.4, -0.2) is 34.2 Å². The van der Waals surface area contributed by atoms with Gasteiger partial charge < -0.3 is 15.0 Å². The van der Waals surface area contributed by atoms with E-state index in [1.54, 1.807) is 38.1 Å². The summed E-state index contributed by atoms with van der Waals surface area (Å²) in [7, 11) is 0. The third-order valence-electron chi connectivity index (χ3n) is 3.99. The molecule has 0 spiro atoms. The molecule has 28 heavy (non-hydrogen) atoms. The number of fused-ring (bicyclic) bond motifs is 1. The number of aryl methyl sites for hydroxylation is 2. The molecule has 0 aliphatic rings. The van der Waals surface area contributed by atoms with Crippen LogP contribution >= 0.6 is 11.3 Å². The minimum atomic E-state index is -0.704. The van der Waals surface area contributed by atoms with E-state index in [1.807, 2.05) is 0 Å². The number of ketones is 1. The Morgan fingerprint density at radius 1 is 1.25 bits per heavy atom. The van der Waals surface area contributed by atoms with E-state index in [1.165, 1.54) is 6.92 Å². The number of aromatic nitrogens is 2. The second-order valence-electron chi connectivity index (χ2n) is 6.15. The minimum Gasteiger partial charge on any atom is -0.451 e. The Hall–Kier alpha value is -3.33. The number of anilines is 1. The first-order valence-electron chi connectivity index (χ1n) is 8.34. The summed E-state index contributed by atoms with van der Waals surface area (Å²) in [6.45, 7) is 4.21. The number of H-pyrrole nitrogens is 1. The Labute approximate surface area is 163 Å². The Morgan fingerprint density at radius 2 is 2.00 bits per heavy atom. The third-order valence-corrected chi connectivity index (χ3v) is 5.16. The number of hydrogen-bond acceptors (Lipinski definition) is 7. The zero-order valence-corrected chi connectivity index (χ0v) is 16.2. The van der Waals surface area contributed by atoms with Gasteiger partial charge >= 0.3 is 5.97 Å². The van der Waals surface area contributed by atoms with Crippen molar-refractivity contribution in [3.8, 4) is 0 Å². The molecular formula is C19H17N3O5S. The SMILES string of the molecule is CC(=O)c1cccc(NC(=O)COC(=O)c2sc3nc(C)[nH]c(=O)c3c2C)c1. The molecule has 2 heterocycles. The topological polar surface area (TPSA) is 118 Å². The lowest BCUT2D eigenvalue weighted by molar-refractivity contribution is -0.119. The number of benzene rings is 1. The normalized spacial score (nSPS) is 10.7. The van der Waals surface area contributed by atoms with Crippen LogP contribution in [0.25, 0.3) is 10.2 Å². The summed E-state index contributed by atoms with van der Waals surface area (Å²) < 4.78 is 5.07. The van der Waals surface area contributed by atoms with Crippen molar-refractivity contribution in [2.75, 3.05) is 11.9 Å². The van der Waals surface area contributed by atoms with Crippen LogP contribution in [0.15, 0.2) is 29.1 Å². The molecule has 144 valence electrons. The summed E-state index contributed by atoms with van der Waals surface area (Å²) in [6, 6.07) is 6.45. The minimum absolute atomic E-state index is 0.124. The van der Waals surface area contributed by atoms with Gasteiger partial charge in [0.15, 0.2) is 12.4 Å².